The van der Waals surface area contributed by atoms with Gasteiger partial charge in [0.25, 0.3) is 0 Å². The van der Waals surface area contributed by atoms with E-state index in [1.807, 2.05) is 0 Å². The van der Waals surface area contributed by atoms with E-state index in [-0.39, 0.29) is 20.5 Å². The SMILES string of the molecule is [N]c1nc(N=[N+]=[N-])c(Br)c([N])c1Br. The van der Waals surface area contributed by atoms with Crippen LogP contribution in [0.2, 0.25) is 0 Å². The topological polar surface area (TPSA) is 106 Å². The zero-order chi connectivity index (χ0) is 10.0. The number of aromatic nitrogens is 1. The molecule has 0 aliphatic heterocycles. The van der Waals surface area contributed by atoms with Gasteiger partial charge in [-0.05, 0) is 42.5 Å². The van der Waals surface area contributed by atoms with Crippen LogP contribution in [0.1, 0.15) is 0 Å². The first-order valence-electron chi connectivity index (χ1n) is 2.90. The summed E-state index contributed by atoms with van der Waals surface area (Å²) in [6.07, 6.45) is 0. The third-order valence-electron chi connectivity index (χ3n) is 1.16. The van der Waals surface area contributed by atoms with Gasteiger partial charge >= 0.3 is 0 Å². The second-order valence-electron chi connectivity index (χ2n) is 1.93. The van der Waals surface area contributed by atoms with Crippen molar-refractivity contribution in [3.8, 4) is 0 Å². The molecule has 0 aromatic carbocycles. The Bertz CT molecular complexity index is 397. The number of halogens is 2. The van der Waals surface area contributed by atoms with Crippen molar-refractivity contribution in [2.24, 2.45) is 5.11 Å². The molecule has 1 aromatic rings. The van der Waals surface area contributed by atoms with Gasteiger partial charge in [0.05, 0.1) is 8.95 Å². The molecule has 64 valence electrons. The van der Waals surface area contributed by atoms with Crippen LogP contribution >= 0.6 is 31.9 Å². The molecule has 1 heterocycles. The quantitative estimate of drug-likeness (QED) is 0.444. The number of hydrogen-bond acceptors (Lipinski definition) is 2. The van der Waals surface area contributed by atoms with Gasteiger partial charge in [-0.1, -0.05) is 0 Å². The standard InChI is InChI=1S/C5Br2N6/c6-1-3(8)2(7)5(12-13-10)11-4(1)9. The Morgan fingerprint density at radius 1 is 1.31 bits per heavy atom. The Kier molecular flexibility index (Phi) is 2.97. The van der Waals surface area contributed by atoms with E-state index in [1.54, 1.807) is 0 Å². The van der Waals surface area contributed by atoms with Gasteiger partial charge in [0, 0.05) is 4.91 Å². The summed E-state index contributed by atoms with van der Waals surface area (Å²) in [5, 5.41) is 3.15. The third kappa shape index (κ3) is 1.85. The van der Waals surface area contributed by atoms with Crippen LogP contribution in [0, 0.1) is 0 Å². The maximum absolute atomic E-state index is 9.32. The van der Waals surface area contributed by atoms with Crippen LogP contribution in [0.15, 0.2) is 14.1 Å². The zero-order valence-electron chi connectivity index (χ0n) is 5.94. The normalized spacial score (nSPS) is 9.38. The molecule has 0 saturated heterocycles. The fraction of sp³-hybridized carbons (Fsp3) is 0. The first kappa shape index (κ1) is 10.1. The number of nitrogens with zero attached hydrogens (tertiary/aromatic N) is 6. The second-order valence-corrected chi connectivity index (χ2v) is 3.51. The molecule has 0 aliphatic carbocycles. The summed E-state index contributed by atoms with van der Waals surface area (Å²) >= 11 is 5.84. The predicted octanol–water partition coefficient (Wildman–Crippen LogP) is 2.95. The van der Waals surface area contributed by atoms with Gasteiger partial charge in [0.2, 0.25) is 0 Å². The Balaban J connectivity index is 3.49. The van der Waals surface area contributed by atoms with E-state index in [0.29, 0.717) is 0 Å². The van der Waals surface area contributed by atoms with Gasteiger partial charge in [-0.25, -0.2) is 4.98 Å². The van der Waals surface area contributed by atoms with Crippen LogP contribution in [-0.2, 0) is 0 Å². The lowest BCUT2D eigenvalue weighted by atomic mass is 10.4. The number of pyridine rings is 1. The number of azide groups is 1. The van der Waals surface area contributed by atoms with Gasteiger partial charge in [-0.3, -0.25) is 0 Å². The van der Waals surface area contributed by atoms with E-state index < -0.39 is 5.82 Å². The van der Waals surface area contributed by atoms with Crippen molar-refractivity contribution in [2.75, 3.05) is 0 Å². The molecule has 0 fully saturated rings. The highest BCUT2D eigenvalue weighted by Crippen LogP contribution is 2.39. The van der Waals surface area contributed by atoms with Gasteiger partial charge in [-0.2, -0.15) is 0 Å². The Hall–Kier alpha value is -0.980. The lowest BCUT2D eigenvalue weighted by molar-refractivity contribution is 1.18. The first-order chi connectivity index (χ1) is 6.07. The monoisotopic (exact) mass is 302 g/mol. The molecule has 8 heteroatoms. The van der Waals surface area contributed by atoms with Crippen molar-refractivity contribution in [3.05, 3.63) is 19.4 Å². The summed E-state index contributed by atoms with van der Waals surface area (Å²) in [5.41, 5.74) is 26.3. The maximum atomic E-state index is 9.32. The maximum Gasteiger partial charge on any atom is 0.191 e. The summed E-state index contributed by atoms with van der Waals surface area (Å²) in [7, 11) is 0. The predicted molar refractivity (Wildman–Crippen MR) is 52.0 cm³/mol. The summed E-state index contributed by atoms with van der Waals surface area (Å²) in [5.74, 6) is -0.566. The largest absolute Gasteiger partial charge is 0.223 e. The van der Waals surface area contributed by atoms with Crippen molar-refractivity contribution in [1.29, 1.82) is 0 Å². The molecule has 0 aliphatic rings. The van der Waals surface area contributed by atoms with Crippen molar-refractivity contribution in [3.63, 3.8) is 0 Å². The minimum Gasteiger partial charge on any atom is -0.223 e. The van der Waals surface area contributed by atoms with Crippen molar-refractivity contribution >= 4 is 49.2 Å². The fourth-order valence-corrected chi connectivity index (χ4v) is 1.53. The van der Waals surface area contributed by atoms with E-state index in [2.05, 4.69) is 46.9 Å². The number of hydrogen-bond donors (Lipinski definition) is 0. The molecule has 0 saturated carbocycles. The molecule has 0 spiro atoms. The van der Waals surface area contributed by atoms with Crippen LogP contribution in [0.3, 0.4) is 0 Å². The van der Waals surface area contributed by atoms with Crippen LogP contribution in [0.4, 0.5) is 17.3 Å². The minimum atomic E-state index is -0.442. The Morgan fingerprint density at radius 2 is 1.92 bits per heavy atom. The first-order valence-corrected chi connectivity index (χ1v) is 4.48. The summed E-state index contributed by atoms with van der Waals surface area (Å²) in [6.45, 7) is 0. The minimum absolute atomic E-state index is 0.0382. The molecule has 0 unspecified atom stereocenters. The Morgan fingerprint density at radius 3 is 2.46 bits per heavy atom. The lowest BCUT2D eigenvalue weighted by Gasteiger charge is -2.01. The summed E-state index contributed by atoms with van der Waals surface area (Å²) < 4.78 is 0.159. The van der Waals surface area contributed by atoms with Crippen LogP contribution in [-0.4, -0.2) is 4.98 Å². The highest BCUT2D eigenvalue weighted by Gasteiger charge is 2.14. The smallest absolute Gasteiger partial charge is 0.191 e. The average molecular weight is 304 g/mol. The molecular formula is C5Br2N6. The van der Waals surface area contributed by atoms with E-state index >= 15 is 0 Å². The zero-order valence-corrected chi connectivity index (χ0v) is 9.11. The van der Waals surface area contributed by atoms with Crippen molar-refractivity contribution in [2.45, 2.75) is 0 Å². The lowest BCUT2D eigenvalue weighted by Crippen LogP contribution is -1.85. The molecule has 0 amide bonds. The van der Waals surface area contributed by atoms with Crippen LogP contribution in [0.25, 0.3) is 10.4 Å². The van der Waals surface area contributed by atoms with Crippen LogP contribution in [0.5, 0.6) is 0 Å². The van der Waals surface area contributed by atoms with E-state index in [9.17, 15) is 5.73 Å². The van der Waals surface area contributed by atoms with Crippen LogP contribution < -0.4 is 11.5 Å². The summed E-state index contributed by atoms with van der Waals surface area (Å²) in [4.78, 5) is 5.98. The molecule has 0 N–H and O–H groups in total. The molecule has 1 rings (SSSR count). The van der Waals surface area contributed by atoms with Gasteiger partial charge in [0.15, 0.2) is 5.82 Å². The van der Waals surface area contributed by atoms with Gasteiger partial charge in [0.1, 0.15) is 11.5 Å². The summed E-state index contributed by atoms with van der Waals surface area (Å²) in [6, 6.07) is 0. The highest BCUT2D eigenvalue weighted by molar-refractivity contribution is 9.11. The van der Waals surface area contributed by atoms with Crippen molar-refractivity contribution < 1.29 is 0 Å². The molecule has 0 atom stereocenters. The van der Waals surface area contributed by atoms with E-state index in [4.69, 9.17) is 11.3 Å². The third-order valence-corrected chi connectivity index (χ3v) is 2.62. The fourth-order valence-electron chi connectivity index (χ4n) is 0.615. The Labute approximate surface area is 90.2 Å². The second kappa shape index (κ2) is 3.82. The average Bonchev–Trinajstić information content (AvgIpc) is 2.11. The van der Waals surface area contributed by atoms with E-state index in [1.165, 1.54) is 0 Å². The molecule has 1 aromatic heterocycles. The van der Waals surface area contributed by atoms with Gasteiger partial charge in [-0.15, -0.1) is 11.5 Å². The van der Waals surface area contributed by atoms with Crippen molar-refractivity contribution in [1.82, 2.24) is 16.5 Å². The molecule has 4 radical (unpaired) electrons. The molecule has 6 nitrogen and oxygen atoms in total. The highest BCUT2D eigenvalue weighted by atomic mass is 79.9. The molecule has 0 bridgehead atoms. The van der Waals surface area contributed by atoms with Gasteiger partial charge < -0.3 is 0 Å². The molecule has 13 heavy (non-hydrogen) atoms. The van der Waals surface area contributed by atoms with E-state index in [0.717, 1.165) is 0 Å². The number of rotatable bonds is 1. The molecular weight excluding hydrogens is 304 g/mol.